The predicted octanol–water partition coefficient (Wildman–Crippen LogP) is 1.82. The molecule has 1 amide bonds. The molecule has 2 aromatic heterocycles. The smallest absolute Gasteiger partial charge is 0.251 e. The van der Waals surface area contributed by atoms with Crippen LogP contribution in [0.5, 0.6) is 0 Å². The number of carbonyl (C=O) groups is 2. The van der Waals surface area contributed by atoms with Gasteiger partial charge in [0.25, 0.3) is 5.91 Å². The number of ether oxygens (including phenoxy) is 1. The molecule has 2 fully saturated rings. The standard InChI is InChI=1S/C25H30N6O5/c1-14(33)15-6-5-7-16(10-15)24(35)30-19-21(34)18(11-32)36-25(19)31-13-28-20-22(26-12-27-23(20)31)29-17-8-3-2-4-9-17/h5-7,10,12-13,17-19,21,25,32,34H,2-4,8-9,11H2,1H3,(H,30,35)(H,26,27,29)/t18-,19-,21-,25-/m1/s1. The van der Waals surface area contributed by atoms with Gasteiger partial charge in [0.1, 0.15) is 24.6 Å². The van der Waals surface area contributed by atoms with E-state index < -0.39 is 37.0 Å². The molecule has 0 spiro atoms. The molecule has 1 saturated carbocycles. The van der Waals surface area contributed by atoms with Gasteiger partial charge in [0.05, 0.1) is 12.9 Å². The molecule has 36 heavy (non-hydrogen) atoms. The van der Waals surface area contributed by atoms with E-state index in [0.717, 1.165) is 12.8 Å². The summed E-state index contributed by atoms with van der Waals surface area (Å²) in [5.41, 5.74) is 1.73. The quantitative estimate of drug-likeness (QED) is 0.361. The first-order chi connectivity index (χ1) is 17.5. The number of nitrogens with zero attached hydrogens (tertiary/aromatic N) is 4. The number of aromatic nitrogens is 4. The molecule has 1 saturated heterocycles. The largest absolute Gasteiger partial charge is 0.394 e. The molecule has 3 aromatic rings. The molecule has 11 heteroatoms. The molecule has 1 aliphatic carbocycles. The minimum Gasteiger partial charge on any atom is -0.394 e. The Bertz CT molecular complexity index is 1260. The number of hydrogen-bond acceptors (Lipinski definition) is 9. The maximum absolute atomic E-state index is 13.1. The van der Waals surface area contributed by atoms with E-state index in [0.29, 0.717) is 28.6 Å². The molecule has 0 bridgehead atoms. The molecule has 1 aliphatic heterocycles. The van der Waals surface area contributed by atoms with Crippen LogP contribution in [0.2, 0.25) is 0 Å². The fourth-order valence-electron chi connectivity index (χ4n) is 4.99. The lowest BCUT2D eigenvalue weighted by atomic mass is 9.95. The van der Waals surface area contributed by atoms with Crippen molar-refractivity contribution in [1.82, 2.24) is 24.8 Å². The molecule has 2 aliphatic rings. The summed E-state index contributed by atoms with van der Waals surface area (Å²) in [6.45, 7) is 0.997. The molecule has 0 radical (unpaired) electrons. The molecule has 5 rings (SSSR count). The van der Waals surface area contributed by atoms with Gasteiger partial charge in [0, 0.05) is 17.2 Å². The summed E-state index contributed by atoms with van der Waals surface area (Å²) in [7, 11) is 0. The van der Waals surface area contributed by atoms with Crippen molar-refractivity contribution in [3.63, 3.8) is 0 Å². The van der Waals surface area contributed by atoms with Crippen LogP contribution >= 0.6 is 0 Å². The van der Waals surface area contributed by atoms with Gasteiger partial charge in [0.15, 0.2) is 29.0 Å². The van der Waals surface area contributed by atoms with Gasteiger partial charge in [-0.05, 0) is 31.9 Å². The van der Waals surface area contributed by atoms with Crippen molar-refractivity contribution in [3.8, 4) is 0 Å². The lowest BCUT2D eigenvalue weighted by Gasteiger charge is -2.24. The number of imidazole rings is 1. The molecular formula is C25H30N6O5. The fourth-order valence-corrected chi connectivity index (χ4v) is 4.99. The number of aliphatic hydroxyl groups is 2. The number of hydrogen-bond donors (Lipinski definition) is 4. The Morgan fingerprint density at radius 2 is 1.92 bits per heavy atom. The van der Waals surface area contributed by atoms with Crippen molar-refractivity contribution in [2.75, 3.05) is 11.9 Å². The van der Waals surface area contributed by atoms with E-state index in [1.54, 1.807) is 22.8 Å². The summed E-state index contributed by atoms with van der Waals surface area (Å²) in [5.74, 6) is -0.00751. The van der Waals surface area contributed by atoms with Gasteiger partial charge in [-0.1, -0.05) is 31.4 Å². The first-order valence-corrected chi connectivity index (χ1v) is 12.3. The third kappa shape index (κ3) is 4.69. The van der Waals surface area contributed by atoms with E-state index >= 15 is 0 Å². The van der Waals surface area contributed by atoms with Crippen LogP contribution < -0.4 is 10.6 Å². The second-order valence-electron chi connectivity index (χ2n) is 9.40. The van der Waals surface area contributed by atoms with Crippen molar-refractivity contribution in [2.24, 2.45) is 0 Å². The molecule has 11 nitrogen and oxygen atoms in total. The van der Waals surface area contributed by atoms with Crippen LogP contribution in [0.15, 0.2) is 36.9 Å². The SMILES string of the molecule is CC(=O)c1cccc(C(=O)N[C@@H]2[C@H](O)[C@@H](CO)O[C@H]2n2cnc3c(NC4CCCCC4)ncnc32)c1. The van der Waals surface area contributed by atoms with E-state index in [1.807, 2.05) is 0 Å². The number of aliphatic hydroxyl groups excluding tert-OH is 2. The number of nitrogens with one attached hydrogen (secondary N) is 2. The number of rotatable bonds is 7. The highest BCUT2D eigenvalue weighted by Crippen LogP contribution is 2.33. The Labute approximate surface area is 207 Å². The van der Waals surface area contributed by atoms with Gasteiger partial charge in [-0.3, -0.25) is 14.2 Å². The molecule has 190 valence electrons. The van der Waals surface area contributed by atoms with Crippen LogP contribution in [-0.4, -0.2) is 72.3 Å². The Hall–Kier alpha value is -3.41. The monoisotopic (exact) mass is 494 g/mol. The van der Waals surface area contributed by atoms with Gasteiger partial charge in [-0.15, -0.1) is 0 Å². The van der Waals surface area contributed by atoms with Gasteiger partial charge in [0.2, 0.25) is 0 Å². The first kappa shape index (κ1) is 24.3. The highest BCUT2D eigenvalue weighted by molar-refractivity contribution is 5.99. The van der Waals surface area contributed by atoms with E-state index in [-0.39, 0.29) is 11.3 Å². The van der Waals surface area contributed by atoms with Crippen LogP contribution in [0.4, 0.5) is 5.82 Å². The average molecular weight is 495 g/mol. The van der Waals surface area contributed by atoms with Crippen LogP contribution in [0, 0.1) is 0 Å². The summed E-state index contributed by atoms with van der Waals surface area (Å²) in [5, 5.41) is 26.9. The lowest BCUT2D eigenvalue weighted by molar-refractivity contribution is -0.0440. The Balaban J connectivity index is 1.43. The molecule has 1 aromatic carbocycles. The van der Waals surface area contributed by atoms with Crippen molar-refractivity contribution in [1.29, 1.82) is 0 Å². The number of benzene rings is 1. The molecule has 4 atom stereocenters. The Morgan fingerprint density at radius 3 is 2.67 bits per heavy atom. The van der Waals surface area contributed by atoms with E-state index in [9.17, 15) is 19.8 Å². The number of anilines is 1. The summed E-state index contributed by atoms with van der Waals surface area (Å²) in [6, 6.07) is 5.77. The third-order valence-corrected chi connectivity index (χ3v) is 6.96. The number of fused-ring (bicyclic) bond motifs is 1. The number of amides is 1. The average Bonchev–Trinajstić information content (AvgIpc) is 3.46. The number of Topliss-reactive ketones (excluding diaryl/α,β-unsaturated/α-hetero) is 1. The minimum absolute atomic E-state index is 0.158. The van der Waals surface area contributed by atoms with Gasteiger partial charge in [-0.2, -0.15) is 0 Å². The van der Waals surface area contributed by atoms with Crippen molar-refractivity contribution >= 4 is 28.7 Å². The number of carbonyl (C=O) groups excluding carboxylic acids is 2. The highest BCUT2D eigenvalue weighted by Gasteiger charge is 2.46. The summed E-state index contributed by atoms with van der Waals surface area (Å²) in [6.07, 6.45) is 5.75. The van der Waals surface area contributed by atoms with Crippen molar-refractivity contribution in [3.05, 3.63) is 48.0 Å². The third-order valence-electron chi connectivity index (χ3n) is 6.96. The molecule has 0 unspecified atom stereocenters. The van der Waals surface area contributed by atoms with Crippen LogP contribution in [0.25, 0.3) is 11.2 Å². The second kappa shape index (κ2) is 10.3. The van der Waals surface area contributed by atoms with Gasteiger partial charge < -0.3 is 25.6 Å². The summed E-state index contributed by atoms with van der Waals surface area (Å²) in [4.78, 5) is 38.1. The molecule has 3 heterocycles. The van der Waals surface area contributed by atoms with E-state index in [4.69, 9.17) is 4.74 Å². The minimum atomic E-state index is -1.18. The lowest BCUT2D eigenvalue weighted by Crippen LogP contribution is -2.46. The van der Waals surface area contributed by atoms with Crippen LogP contribution in [0.3, 0.4) is 0 Å². The Kier molecular flexibility index (Phi) is 6.95. The zero-order valence-corrected chi connectivity index (χ0v) is 20.0. The van der Waals surface area contributed by atoms with Crippen molar-refractivity contribution < 1.29 is 24.5 Å². The maximum Gasteiger partial charge on any atom is 0.251 e. The van der Waals surface area contributed by atoms with E-state index in [2.05, 4.69) is 25.6 Å². The van der Waals surface area contributed by atoms with E-state index in [1.165, 1.54) is 44.9 Å². The van der Waals surface area contributed by atoms with Crippen molar-refractivity contribution in [2.45, 2.75) is 69.5 Å². The normalized spacial score (nSPS) is 24.6. The zero-order chi connectivity index (χ0) is 25.2. The highest BCUT2D eigenvalue weighted by atomic mass is 16.5. The topological polar surface area (TPSA) is 151 Å². The number of ketones is 1. The summed E-state index contributed by atoms with van der Waals surface area (Å²) < 4.78 is 7.59. The molecular weight excluding hydrogens is 464 g/mol. The predicted molar refractivity (Wildman–Crippen MR) is 131 cm³/mol. The zero-order valence-electron chi connectivity index (χ0n) is 20.0. The first-order valence-electron chi connectivity index (χ1n) is 12.3. The second-order valence-corrected chi connectivity index (χ2v) is 9.40. The maximum atomic E-state index is 13.1. The fraction of sp³-hybridized carbons (Fsp3) is 0.480. The van der Waals surface area contributed by atoms with Crippen LogP contribution in [-0.2, 0) is 4.74 Å². The van der Waals surface area contributed by atoms with Gasteiger partial charge >= 0.3 is 0 Å². The summed E-state index contributed by atoms with van der Waals surface area (Å²) >= 11 is 0. The Morgan fingerprint density at radius 1 is 1.14 bits per heavy atom. The molecule has 4 N–H and O–H groups in total. The van der Waals surface area contributed by atoms with Crippen LogP contribution in [0.1, 0.15) is 66.0 Å². The van der Waals surface area contributed by atoms with Gasteiger partial charge in [-0.25, -0.2) is 15.0 Å².